The fraction of sp³-hybridized carbons (Fsp3) is 0.533. The molecule has 5 heteroatoms. The van der Waals surface area contributed by atoms with Gasteiger partial charge in [-0.05, 0) is 50.6 Å². The van der Waals surface area contributed by atoms with E-state index in [9.17, 15) is 4.79 Å². The number of piperidine rings is 1. The van der Waals surface area contributed by atoms with Crippen molar-refractivity contribution in [3.8, 4) is 5.75 Å². The first-order valence-electron chi connectivity index (χ1n) is 7.00. The number of rotatable bonds is 4. The first-order valence-corrected chi connectivity index (χ1v) is 7.00. The fourth-order valence-electron chi connectivity index (χ4n) is 2.65. The van der Waals surface area contributed by atoms with Crippen molar-refractivity contribution in [3.05, 3.63) is 23.8 Å². The summed E-state index contributed by atoms with van der Waals surface area (Å²) in [4.78, 5) is 14.4. The number of nitrogens with zero attached hydrogens (tertiary/aromatic N) is 1. The molecule has 0 spiro atoms. The van der Waals surface area contributed by atoms with Crippen LogP contribution in [-0.4, -0.2) is 44.6 Å². The number of benzene rings is 1. The Bertz CT molecular complexity index is 476. The van der Waals surface area contributed by atoms with Crippen molar-refractivity contribution < 1.29 is 9.53 Å². The smallest absolute Gasteiger partial charge is 0.251 e. The van der Waals surface area contributed by atoms with Crippen molar-refractivity contribution in [2.45, 2.75) is 12.8 Å². The molecule has 2 rings (SSSR count). The zero-order chi connectivity index (χ0) is 14.5. The Morgan fingerprint density at radius 1 is 1.55 bits per heavy atom. The van der Waals surface area contributed by atoms with Gasteiger partial charge in [-0.15, -0.1) is 0 Å². The monoisotopic (exact) mass is 277 g/mol. The van der Waals surface area contributed by atoms with E-state index in [-0.39, 0.29) is 5.91 Å². The zero-order valence-corrected chi connectivity index (χ0v) is 12.2. The maximum absolute atomic E-state index is 12.1. The quantitative estimate of drug-likeness (QED) is 0.815. The van der Waals surface area contributed by atoms with E-state index in [2.05, 4.69) is 17.3 Å². The average Bonchev–Trinajstić information content (AvgIpc) is 2.44. The van der Waals surface area contributed by atoms with Gasteiger partial charge in [0.15, 0.2) is 0 Å². The number of hydrogen-bond donors (Lipinski definition) is 2. The molecule has 5 nitrogen and oxygen atoms in total. The summed E-state index contributed by atoms with van der Waals surface area (Å²) < 4.78 is 5.08. The number of ether oxygens (including phenoxy) is 1. The molecule has 1 aromatic carbocycles. The number of amides is 1. The van der Waals surface area contributed by atoms with Gasteiger partial charge in [-0.25, -0.2) is 0 Å². The molecule has 0 bridgehead atoms. The molecule has 0 aromatic heterocycles. The Kier molecular flexibility index (Phi) is 4.84. The first kappa shape index (κ1) is 14.7. The van der Waals surface area contributed by atoms with Crippen LogP contribution >= 0.6 is 0 Å². The number of carbonyl (C=O) groups excluding carboxylic acids is 1. The summed E-state index contributed by atoms with van der Waals surface area (Å²) >= 11 is 0. The summed E-state index contributed by atoms with van der Waals surface area (Å²) in [6.07, 6.45) is 2.38. The van der Waals surface area contributed by atoms with Gasteiger partial charge < -0.3 is 20.7 Å². The number of methoxy groups -OCH3 is 1. The van der Waals surface area contributed by atoms with Crippen LogP contribution in [0.5, 0.6) is 5.75 Å². The van der Waals surface area contributed by atoms with E-state index in [4.69, 9.17) is 10.5 Å². The van der Waals surface area contributed by atoms with Gasteiger partial charge in [-0.2, -0.15) is 0 Å². The van der Waals surface area contributed by atoms with Crippen molar-refractivity contribution >= 4 is 11.6 Å². The minimum absolute atomic E-state index is 0.0763. The predicted octanol–water partition coefficient (Wildman–Crippen LogP) is 1.35. The number of nitrogen functional groups attached to an aromatic ring is 1. The molecular weight excluding hydrogens is 254 g/mol. The van der Waals surface area contributed by atoms with Gasteiger partial charge in [-0.1, -0.05) is 0 Å². The van der Waals surface area contributed by atoms with Crippen LogP contribution in [0, 0.1) is 5.92 Å². The molecule has 1 aliphatic heterocycles. The number of hydrogen-bond acceptors (Lipinski definition) is 4. The summed E-state index contributed by atoms with van der Waals surface area (Å²) in [7, 11) is 3.68. The highest BCUT2D eigenvalue weighted by Gasteiger charge is 2.18. The molecule has 110 valence electrons. The molecule has 1 unspecified atom stereocenters. The molecule has 0 saturated carbocycles. The van der Waals surface area contributed by atoms with Crippen LogP contribution in [0.4, 0.5) is 5.69 Å². The Morgan fingerprint density at radius 3 is 3.00 bits per heavy atom. The largest absolute Gasteiger partial charge is 0.495 e. The summed E-state index contributed by atoms with van der Waals surface area (Å²) in [5.74, 6) is 1.05. The molecule has 20 heavy (non-hydrogen) atoms. The van der Waals surface area contributed by atoms with Crippen LogP contribution in [0.3, 0.4) is 0 Å². The molecular formula is C15H23N3O2. The van der Waals surface area contributed by atoms with Gasteiger partial charge >= 0.3 is 0 Å². The first-order chi connectivity index (χ1) is 9.60. The summed E-state index contributed by atoms with van der Waals surface area (Å²) in [5, 5.41) is 2.99. The van der Waals surface area contributed by atoms with E-state index in [1.807, 2.05) is 0 Å². The average molecular weight is 277 g/mol. The van der Waals surface area contributed by atoms with Crippen LogP contribution < -0.4 is 15.8 Å². The number of nitrogens with two attached hydrogens (primary N) is 1. The van der Waals surface area contributed by atoms with Gasteiger partial charge in [0.2, 0.25) is 0 Å². The van der Waals surface area contributed by atoms with Gasteiger partial charge in [0.1, 0.15) is 5.75 Å². The molecule has 1 aromatic rings. The number of nitrogens with one attached hydrogen (secondary N) is 1. The zero-order valence-electron chi connectivity index (χ0n) is 12.2. The molecule has 1 atom stereocenters. The SMILES string of the molecule is COc1ccc(C(=O)NCC2CCCN(C)C2)cc1N. The second-order valence-electron chi connectivity index (χ2n) is 5.44. The number of likely N-dealkylation sites (tertiary alicyclic amines) is 1. The third-order valence-electron chi connectivity index (χ3n) is 3.77. The molecule has 1 fully saturated rings. The second-order valence-corrected chi connectivity index (χ2v) is 5.44. The lowest BCUT2D eigenvalue weighted by Gasteiger charge is -2.29. The lowest BCUT2D eigenvalue weighted by Crippen LogP contribution is -2.39. The van der Waals surface area contributed by atoms with Gasteiger partial charge in [0.05, 0.1) is 12.8 Å². The van der Waals surface area contributed by atoms with Crippen molar-refractivity contribution in [2.24, 2.45) is 5.92 Å². The molecule has 1 aliphatic rings. The highest BCUT2D eigenvalue weighted by atomic mass is 16.5. The maximum atomic E-state index is 12.1. The number of anilines is 1. The molecule has 0 radical (unpaired) electrons. The van der Waals surface area contributed by atoms with Gasteiger partial charge in [-0.3, -0.25) is 4.79 Å². The maximum Gasteiger partial charge on any atom is 0.251 e. The van der Waals surface area contributed by atoms with Crippen molar-refractivity contribution in [1.29, 1.82) is 0 Å². The Morgan fingerprint density at radius 2 is 2.35 bits per heavy atom. The van der Waals surface area contributed by atoms with Crippen LogP contribution in [0.2, 0.25) is 0 Å². The molecule has 1 heterocycles. The van der Waals surface area contributed by atoms with Gasteiger partial charge in [0, 0.05) is 18.7 Å². The van der Waals surface area contributed by atoms with Gasteiger partial charge in [0.25, 0.3) is 5.91 Å². The van der Waals surface area contributed by atoms with E-state index < -0.39 is 0 Å². The minimum Gasteiger partial charge on any atom is -0.495 e. The number of carbonyl (C=O) groups is 1. The van der Waals surface area contributed by atoms with E-state index >= 15 is 0 Å². The highest BCUT2D eigenvalue weighted by Crippen LogP contribution is 2.22. The highest BCUT2D eigenvalue weighted by molar-refractivity contribution is 5.95. The van der Waals surface area contributed by atoms with Crippen LogP contribution in [-0.2, 0) is 0 Å². The Labute approximate surface area is 120 Å². The Balaban J connectivity index is 1.90. The molecule has 0 aliphatic carbocycles. The van der Waals surface area contributed by atoms with Crippen LogP contribution in [0.25, 0.3) is 0 Å². The lowest BCUT2D eigenvalue weighted by atomic mass is 9.98. The molecule has 1 amide bonds. The van der Waals surface area contributed by atoms with E-state index in [1.165, 1.54) is 12.8 Å². The fourth-order valence-corrected chi connectivity index (χ4v) is 2.65. The van der Waals surface area contributed by atoms with Crippen LogP contribution in [0.1, 0.15) is 23.2 Å². The topological polar surface area (TPSA) is 67.6 Å². The third kappa shape index (κ3) is 3.63. The second kappa shape index (κ2) is 6.61. The summed E-state index contributed by atoms with van der Waals surface area (Å²) in [6, 6.07) is 5.11. The van der Waals surface area contributed by atoms with E-state index in [0.29, 0.717) is 22.9 Å². The van der Waals surface area contributed by atoms with Crippen molar-refractivity contribution in [1.82, 2.24) is 10.2 Å². The lowest BCUT2D eigenvalue weighted by molar-refractivity contribution is 0.0937. The summed E-state index contributed by atoms with van der Waals surface area (Å²) in [5.41, 5.74) is 6.88. The minimum atomic E-state index is -0.0763. The Hall–Kier alpha value is -1.75. The summed E-state index contributed by atoms with van der Waals surface area (Å²) in [6.45, 7) is 2.92. The van der Waals surface area contributed by atoms with Crippen molar-refractivity contribution in [2.75, 3.05) is 39.5 Å². The predicted molar refractivity (Wildman–Crippen MR) is 80.0 cm³/mol. The van der Waals surface area contributed by atoms with E-state index in [1.54, 1.807) is 25.3 Å². The van der Waals surface area contributed by atoms with E-state index in [0.717, 1.165) is 19.6 Å². The standard InChI is InChI=1S/C15H23N3O2/c1-18-7-3-4-11(10-18)9-17-15(19)12-5-6-14(20-2)13(16)8-12/h5-6,8,11H,3-4,7,9-10,16H2,1-2H3,(H,17,19). The molecule has 1 saturated heterocycles. The normalized spacial score (nSPS) is 19.6. The molecule has 3 N–H and O–H groups in total. The van der Waals surface area contributed by atoms with Crippen molar-refractivity contribution in [3.63, 3.8) is 0 Å². The third-order valence-corrected chi connectivity index (χ3v) is 3.77. The van der Waals surface area contributed by atoms with Crippen LogP contribution in [0.15, 0.2) is 18.2 Å².